The Labute approximate surface area is 94.4 Å². The molecule has 2 nitrogen and oxygen atoms in total. The lowest BCUT2D eigenvalue weighted by Gasteiger charge is -2.34. The summed E-state index contributed by atoms with van der Waals surface area (Å²) in [6, 6.07) is 1.52. The Morgan fingerprint density at radius 1 is 1.20 bits per heavy atom. The molecule has 2 heteroatoms. The molecule has 1 saturated carbocycles. The molecule has 2 aliphatic rings. The van der Waals surface area contributed by atoms with Crippen LogP contribution in [0.15, 0.2) is 0 Å². The van der Waals surface area contributed by atoms with E-state index in [4.69, 9.17) is 0 Å². The van der Waals surface area contributed by atoms with Crippen LogP contribution in [0.3, 0.4) is 0 Å². The quantitative estimate of drug-likeness (QED) is 0.765. The molecule has 1 unspecified atom stereocenters. The van der Waals surface area contributed by atoms with Gasteiger partial charge in [0.1, 0.15) is 0 Å². The molecule has 0 aromatic carbocycles. The van der Waals surface area contributed by atoms with Crippen molar-refractivity contribution in [2.75, 3.05) is 19.6 Å². The molecule has 1 saturated heterocycles. The molecular weight excluding hydrogens is 184 g/mol. The highest BCUT2D eigenvalue weighted by atomic mass is 15.2. The van der Waals surface area contributed by atoms with Gasteiger partial charge >= 0.3 is 0 Å². The summed E-state index contributed by atoms with van der Waals surface area (Å²) in [7, 11) is 0. The van der Waals surface area contributed by atoms with Crippen LogP contribution in [0.2, 0.25) is 0 Å². The Morgan fingerprint density at radius 3 is 2.67 bits per heavy atom. The van der Waals surface area contributed by atoms with Crippen LogP contribution in [0.4, 0.5) is 0 Å². The van der Waals surface area contributed by atoms with Crippen molar-refractivity contribution in [1.29, 1.82) is 0 Å². The zero-order chi connectivity index (χ0) is 10.7. The Morgan fingerprint density at radius 2 is 2.00 bits per heavy atom. The normalized spacial score (nSPS) is 28.4. The highest BCUT2D eigenvalue weighted by Gasteiger charge is 2.29. The lowest BCUT2D eigenvalue weighted by atomic mass is 10.1. The Bertz CT molecular complexity index is 179. The van der Waals surface area contributed by atoms with E-state index in [1.54, 1.807) is 0 Å². The van der Waals surface area contributed by atoms with Gasteiger partial charge in [-0.1, -0.05) is 6.42 Å². The summed E-state index contributed by atoms with van der Waals surface area (Å²) in [4.78, 5) is 2.75. The first kappa shape index (κ1) is 11.4. The first-order valence-corrected chi connectivity index (χ1v) is 6.74. The molecule has 88 valence electrons. The van der Waals surface area contributed by atoms with Gasteiger partial charge in [-0.2, -0.15) is 0 Å². The van der Waals surface area contributed by atoms with Gasteiger partial charge in [-0.15, -0.1) is 0 Å². The maximum absolute atomic E-state index is 3.58. The molecule has 15 heavy (non-hydrogen) atoms. The van der Waals surface area contributed by atoms with Gasteiger partial charge in [0.25, 0.3) is 0 Å². The average molecular weight is 210 g/mol. The number of hydrogen-bond donors (Lipinski definition) is 1. The Hall–Kier alpha value is -0.0800. The van der Waals surface area contributed by atoms with E-state index in [0.29, 0.717) is 0 Å². The van der Waals surface area contributed by atoms with E-state index in [-0.39, 0.29) is 0 Å². The van der Waals surface area contributed by atoms with E-state index in [9.17, 15) is 0 Å². The van der Waals surface area contributed by atoms with E-state index >= 15 is 0 Å². The fraction of sp³-hybridized carbons (Fsp3) is 1.00. The summed E-state index contributed by atoms with van der Waals surface area (Å²) in [6.45, 7) is 8.50. The van der Waals surface area contributed by atoms with Crippen LogP contribution in [-0.2, 0) is 0 Å². The van der Waals surface area contributed by atoms with Crippen LogP contribution < -0.4 is 5.32 Å². The molecule has 1 aliphatic carbocycles. The molecule has 2 fully saturated rings. The van der Waals surface area contributed by atoms with Crippen molar-refractivity contribution in [1.82, 2.24) is 10.2 Å². The standard InChI is InChI=1S/C13H26N2/c1-11(2)15(10-12-6-7-12)13-5-3-4-8-14-9-13/h11-14H,3-10H2,1-2H3. The Balaban J connectivity index is 1.88. The van der Waals surface area contributed by atoms with E-state index in [1.807, 2.05) is 0 Å². The zero-order valence-corrected chi connectivity index (χ0v) is 10.3. The first-order chi connectivity index (χ1) is 7.27. The zero-order valence-electron chi connectivity index (χ0n) is 10.3. The third kappa shape index (κ3) is 3.46. The average Bonchev–Trinajstić information content (AvgIpc) is 3.02. The second kappa shape index (κ2) is 5.31. The fourth-order valence-corrected chi connectivity index (χ4v) is 2.66. The van der Waals surface area contributed by atoms with E-state index in [0.717, 1.165) is 18.0 Å². The minimum atomic E-state index is 0.718. The largest absolute Gasteiger partial charge is 0.315 e. The van der Waals surface area contributed by atoms with Crippen molar-refractivity contribution in [3.8, 4) is 0 Å². The number of nitrogens with zero attached hydrogens (tertiary/aromatic N) is 1. The molecule has 0 aromatic heterocycles. The topological polar surface area (TPSA) is 15.3 Å². The van der Waals surface area contributed by atoms with Crippen LogP contribution in [0.1, 0.15) is 46.0 Å². The SMILES string of the molecule is CC(C)N(CC1CC1)C1CCCCNC1. The first-order valence-electron chi connectivity index (χ1n) is 6.74. The summed E-state index contributed by atoms with van der Waals surface area (Å²) < 4.78 is 0. The maximum atomic E-state index is 3.58. The summed E-state index contributed by atoms with van der Waals surface area (Å²) in [6.07, 6.45) is 7.13. The van der Waals surface area contributed by atoms with Crippen molar-refractivity contribution in [2.45, 2.75) is 58.0 Å². The van der Waals surface area contributed by atoms with Crippen molar-refractivity contribution in [3.05, 3.63) is 0 Å². The predicted molar refractivity (Wildman–Crippen MR) is 65.1 cm³/mol. The van der Waals surface area contributed by atoms with Gasteiger partial charge in [-0.3, -0.25) is 4.90 Å². The van der Waals surface area contributed by atoms with Crippen LogP contribution in [-0.4, -0.2) is 36.6 Å². The smallest absolute Gasteiger partial charge is 0.0223 e. The van der Waals surface area contributed by atoms with Gasteiger partial charge in [-0.05, 0) is 52.0 Å². The van der Waals surface area contributed by atoms with Crippen LogP contribution in [0.25, 0.3) is 0 Å². The van der Waals surface area contributed by atoms with Crippen LogP contribution >= 0.6 is 0 Å². The third-order valence-corrected chi connectivity index (χ3v) is 3.82. The molecule has 1 atom stereocenters. The molecule has 1 aliphatic heterocycles. The molecule has 0 bridgehead atoms. The highest BCUT2D eigenvalue weighted by molar-refractivity contribution is 4.85. The molecule has 2 rings (SSSR count). The fourth-order valence-electron chi connectivity index (χ4n) is 2.66. The number of nitrogens with one attached hydrogen (secondary N) is 1. The second-order valence-corrected chi connectivity index (χ2v) is 5.59. The van der Waals surface area contributed by atoms with Gasteiger partial charge in [0, 0.05) is 25.2 Å². The number of rotatable bonds is 4. The summed E-state index contributed by atoms with van der Waals surface area (Å²) in [5.41, 5.74) is 0. The summed E-state index contributed by atoms with van der Waals surface area (Å²) in [5.74, 6) is 1.02. The predicted octanol–water partition coefficient (Wildman–Crippen LogP) is 2.25. The molecule has 0 spiro atoms. The lowest BCUT2D eigenvalue weighted by Crippen LogP contribution is -2.46. The molecule has 1 heterocycles. The second-order valence-electron chi connectivity index (χ2n) is 5.59. The third-order valence-electron chi connectivity index (χ3n) is 3.82. The summed E-state index contributed by atoms with van der Waals surface area (Å²) >= 11 is 0. The number of hydrogen-bond acceptors (Lipinski definition) is 2. The highest BCUT2D eigenvalue weighted by Crippen LogP contribution is 2.31. The monoisotopic (exact) mass is 210 g/mol. The van der Waals surface area contributed by atoms with Crippen molar-refractivity contribution in [3.63, 3.8) is 0 Å². The minimum Gasteiger partial charge on any atom is -0.315 e. The van der Waals surface area contributed by atoms with Crippen LogP contribution in [0.5, 0.6) is 0 Å². The minimum absolute atomic E-state index is 0.718. The van der Waals surface area contributed by atoms with Gasteiger partial charge in [-0.25, -0.2) is 0 Å². The van der Waals surface area contributed by atoms with Gasteiger partial charge in [0.05, 0.1) is 0 Å². The summed E-state index contributed by atoms with van der Waals surface area (Å²) in [5, 5.41) is 3.58. The molecule has 0 radical (unpaired) electrons. The van der Waals surface area contributed by atoms with Crippen molar-refractivity contribution >= 4 is 0 Å². The van der Waals surface area contributed by atoms with E-state index in [1.165, 1.54) is 51.7 Å². The van der Waals surface area contributed by atoms with Crippen molar-refractivity contribution < 1.29 is 0 Å². The van der Waals surface area contributed by atoms with E-state index in [2.05, 4.69) is 24.1 Å². The van der Waals surface area contributed by atoms with Gasteiger partial charge in [0.15, 0.2) is 0 Å². The van der Waals surface area contributed by atoms with Crippen LogP contribution in [0, 0.1) is 5.92 Å². The molecule has 1 N–H and O–H groups in total. The lowest BCUT2D eigenvalue weighted by molar-refractivity contribution is 0.139. The van der Waals surface area contributed by atoms with Gasteiger partial charge < -0.3 is 5.32 Å². The van der Waals surface area contributed by atoms with E-state index < -0.39 is 0 Å². The molecule has 0 aromatic rings. The van der Waals surface area contributed by atoms with Crippen molar-refractivity contribution in [2.24, 2.45) is 5.92 Å². The molecule has 0 amide bonds. The van der Waals surface area contributed by atoms with Gasteiger partial charge in [0.2, 0.25) is 0 Å². The molecular formula is C13H26N2. The Kier molecular flexibility index (Phi) is 4.04. The maximum Gasteiger partial charge on any atom is 0.0223 e.